The van der Waals surface area contributed by atoms with Gasteiger partial charge in [-0.25, -0.2) is 0 Å². The van der Waals surface area contributed by atoms with E-state index in [-0.39, 0.29) is 6.42 Å². The molecule has 0 bridgehead atoms. The second-order valence-electron chi connectivity index (χ2n) is 5.13. The molecule has 0 saturated carbocycles. The summed E-state index contributed by atoms with van der Waals surface area (Å²) in [5.74, 6) is 0. The van der Waals surface area contributed by atoms with Gasteiger partial charge >= 0.3 is 0 Å². The highest BCUT2D eigenvalue weighted by Crippen LogP contribution is 2.15. The van der Waals surface area contributed by atoms with Gasteiger partial charge in [0, 0.05) is 6.42 Å². The first kappa shape index (κ1) is 18.8. The Balaban J connectivity index is 4.48. The molecule has 0 fully saturated rings. The fourth-order valence-corrected chi connectivity index (χ4v) is 2.74. The van der Waals surface area contributed by atoms with Crippen molar-refractivity contribution in [2.24, 2.45) is 0 Å². The molecule has 0 aliphatic rings. The van der Waals surface area contributed by atoms with Crippen LogP contribution < -0.4 is 0 Å². The largest absolute Gasteiger partial charge is 0.269 e. The summed E-state index contributed by atoms with van der Waals surface area (Å²) in [6.45, 7) is 9.22. The second kappa shape index (κ2) is 7.01. The molecular weight excluding hydrogens is 292 g/mol. The normalized spacial score (nSPS) is 16.8. The molecule has 0 saturated heterocycles. The number of hydrogen-bond acceptors (Lipinski definition) is 6. The third-order valence-electron chi connectivity index (χ3n) is 2.42. The van der Waals surface area contributed by atoms with E-state index in [9.17, 15) is 16.8 Å². The Bertz CT molecular complexity index is 419. The molecule has 116 valence electrons. The lowest BCUT2D eigenvalue weighted by Crippen LogP contribution is -2.28. The van der Waals surface area contributed by atoms with E-state index >= 15 is 0 Å². The fraction of sp³-hybridized carbons (Fsp3) is 1.00. The first-order valence-corrected chi connectivity index (χ1v) is 9.17. The third kappa shape index (κ3) is 6.69. The van der Waals surface area contributed by atoms with E-state index in [1.165, 1.54) is 27.7 Å². The zero-order valence-electron chi connectivity index (χ0n) is 12.3. The van der Waals surface area contributed by atoms with Crippen molar-refractivity contribution in [3.05, 3.63) is 0 Å². The van der Waals surface area contributed by atoms with Crippen LogP contribution in [0.15, 0.2) is 0 Å². The minimum atomic E-state index is -3.61. The smallest absolute Gasteiger partial charge is 0.267 e. The van der Waals surface area contributed by atoms with Crippen molar-refractivity contribution in [3.8, 4) is 0 Å². The van der Waals surface area contributed by atoms with Crippen LogP contribution >= 0.6 is 0 Å². The summed E-state index contributed by atoms with van der Waals surface area (Å²) in [6.07, 6.45) is -1.09. The Hall–Kier alpha value is -0.180. The summed E-state index contributed by atoms with van der Waals surface area (Å²) in [7, 11) is -7.22. The average Bonchev–Trinajstić information content (AvgIpc) is 2.13. The van der Waals surface area contributed by atoms with Crippen LogP contribution in [0.25, 0.3) is 0 Å². The van der Waals surface area contributed by atoms with Gasteiger partial charge in [0.1, 0.15) is 0 Å². The fourth-order valence-electron chi connectivity index (χ4n) is 1.23. The van der Waals surface area contributed by atoms with Gasteiger partial charge in [-0.2, -0.15) is 16.8 Å². The predicted octanol–water partition coefficient (Wildman–Crippen LogP) is 1.66. The summed E-state index contributed by atoms with van der Waals surface area (Å²) in [5, 5.41) is -1.27. The molecule has 0 N–H and O–H groups in total. The molecule has 6 nitrogen and oxygen atoms in total. The molecule has 19 heavy (non-hydrogen) atoms. The van der Waals surface area contributed by atoms with Gasteiger partial charge in [-0.15, -0.1) is 0 Å². The first-order chi connectivity index (χ1) is 8.38. The van der Waals surface area contributed by atoms with E-state index in [4.69, 9.17) is 8.37 Å². The van der Waals surface area contributed by atoms with Crippen molar-refractivity contribution >= 4 is 20.2 Å². The van der Waals surface area contributed by atoms with Crippen LogP contribution in [0.4, 0.5) is 0 Å². The number of rotatable bonds is 8. The Morgan fingerprint density at radius 3 is 1.16 bits per heavy atom. The maximum Gasteiger partial charge on any atom is 0.269 e. The van der Waals surface area contributed by atoms with Crippen LogP contribution in [-0.4, -0.2) is 39.5 Å². The molecule has 2 atom stereocenters. The van der Waals surface area contributed by atoms with Crippen LogP contribution in [0.5, 0.6) is 0 Å². The Morgan fingerprint density at radius 2 is 0.947 bits per heavy atom. The summed E-state index contributed by atoms with van der Waals surface area (Å²) < 4.78 is 56.0. The molecule has 0 rings (SSSR count). The predicted molar refractivity (Wildman–Crippen MR) is 73.8 cm³/mol. The molecular formula is C11H24O6S2. The molecule has 0 aromatic carbocycles. The molecule has 0 aromatic rings. The zero-order chi connectivity index (χ0) is 15.4. The van der Waals surface area contributed by atoms with E-state index in [1.54, 1.807) is 13.8 Å². The van der Waals surface area contributed by atoms with Gasteiger partial charge in [0.2, 0.25) is 0 Å². The quantitative estimate of drug-likeness (QED) is 0.633. The van der Waals surface area contributed by atoms with Crippen LogP contribution in [0.3, 0.4) is 0 Å². The van der Waals surface area contributed by atoms with Crippen LogP contribution in [0, 0.1) is 0 Å². The third-order valence-corrected chi connectivity index (χ3v) is 5.92. The van der Waals surface area contributed by atoms with Crippen molar-refractivity contribution in [2.45, 2.75) is 70.7 Å². The molecule has 0 heterocycles. The molecule has 0 radical (unpaired) electrons. The lowest BCUT2D eigenvalue weighted by molar-refractivity contribution is 0.138. The average molecular weight is 316 g/mol. The van der Waals surface area contributed by atoms with Crippen molar-refractivity contribution in [1.29, 1.82) is 0 Å². The van der Waals surface area contributed by atoms with Crippen LogP contribution in [0.2, 0.25) is 0 Å². The lowest BCUT2D eigenvalue weighted by Gasteiger charge is -2.19. The Labute approximate surface area is 116 Å². The van der Waals surface area contributed by atoms with E-state index in [2.05, 4.69) is 0 Å². The van der Waals surface area contributed by atoms with E-state index in [1.807, 2.05) is 0 Å². The monoisotopic (exact) mass is 316 g/mol. The van der Waals surface area contributed by atoms with Crippen molar-refractivity contribution in [2.75, 3.05) is 0 Å². The maximum absolute atomic E-state index is 11.5. The molecule has 0 aromatic heterocycles. The van der Waals surface area contributed by atoms with Gasteiger partial charge in [-0.3, -0.25) is 8.37 Å². The molecule has 0 aliphatic heterocycles. The maximum atomic E-state index is 11.5. The molecule has 0 aliphatic carbocycles. The summed E-state index contributed by atoms with van der Waals surface area (Å²) in [4.78, 5) is 0. The van der Waals surface area contributed by atoms with Gasteiger partial charge < -0.3 is 0 Å². The van der Waals surface area contributed by atoms with E-state index in [0.29, 0.717) is 0 Å². The zero-order valence-corrected chi connectivity index (χ0v) is 13.9. The van der Waals surface area contributed by atoms with Gasteiger partial charge in [0.05, 0.1) is 22.7 Å². The highest BCUT2D eigenvalue weighted by atomic mass is 32.2. The van der Waals surface area contributed by atoms with E-state index in [0.717, 1.165) is 0 Å². The first-order valence-electron chi connectivity index (χ1n) is 6.22. The van der Waals surface area contributed by atoms with Gasteiger partial charge in [0.15, 0.2) is 0 Å². The highest BCUT2D eigenvalue weighted by molar-refractivity contribution is 7.87. The van der Waals surface area contributed by atoms with Gasteiger partial charge in [0.25, 0.3) is 20.2 Å². The Morgan fingerprint density at radius 1 is 0.684 bits per heavy atom. The van der Waals surface area contributed by atoms with E-state index < -0.39 is 42.9 Å². The Kier molecular flexibility index (Phi) is 6.94. The molecule has 0 amide bonds. The number of hydrogen-bond donors (Lipinski definition) is 0. The van der Waals surface area contributed by atoms with Gasteiger partial charge in [-0.1, -0.05) is 0 Å². The topological polar surface area (TPSA) is 86.7 Å². The summed E-state index contributed by atoms with van der Waals surface area (Å²) in [6, 6.07) is 0. The van der Waals surface area contributed by atoms with Gasteiger partial charge in [-0.05, 0) is 41.5 Å². The molecule has 8 heteroatoms. The van der Waals surface area contributed by atoms with Crippen molar-refractivity contribution in [1.82, 2.24) is 0 Å². The molecule has 2 unspecified atom stereocenters. The highest BCUT2D eigenvalue weighted by Gasteiger charge is 2.25. The lowest BCUT2D eigenvalue weighted by atomic mass is 10.2. The minimum absolute atomic E-state index is 0.178. The minimum Gasteiger partial charge on any atom is -0.267 e. The van der Waals surface area contributed by atoms with Crippen molar-refractivity contribution in [3.63, 3.8) is 0 Å². The summed E-state index contributed by atoms with van der Waals surface area (Å²) >= 11 is 0. The van der Waals surface area contributed by atoms with Crippen LogP contribution in [-0.2, 0) is 28.6 Å². The second-order valence-corrected chi connectivity index (χ2v) is 9.37. The molecule has 0 spiro atoms. The van der Waals surface area contributed by atoms with Crippen LogP contribution in [0.1, 0.15) is 48.0 Å². The summed E-state index contributed by atoms with van der Waals surface area (Å²) in [5.41, 5.74) is 0. The standard InChI is InChI=1S/C11H24O6S2/c1-8(2)18(12,13)16-10(5)7-11(6)17-19(14,15)9(3)4/h8-11H,7H2,1-6H3. The van der Waals surface area contributed by atoms with Crippen molar-refractivity contribution < 1.29 is 25.2 Å². The SMILES string of the molecule is CC(CC(C)OS(=O)(=O)C(C)C)OS(=O)(=O)C(C)C.